The Hall–Kier alpha value is -0.900. The highest BCUT2D eigenvalue weighted by atomic mass is 16.2. The number of rotatable bonds is 4. The minimum atomic E-state index is -0.541. The lowest BCUT2D eigenvalue weighted by Crippen LogP contribution is -2.58. The topological polar surface area (TPSA) is 63.4 Å². The highest BCUT2D eigenvalue weighted by Gasteiger charge is 2.57. The molecule has 2 N–H and O–H groups in total. The lowest BCUT2D eigenvalue weighted by Gasteiger charge is -2.40. The van der Waals surface area contributed by atoms with Crippen LogP contribution in [0.4, 0.5) is 0 Å². The summed E-state index contributed by atoms with van der Waals surface area (Å²) in [7, 11) is 0. The second-order valence-corrected chi connectivity index (χ2v) is 6.69. The monoisotopic (exact) mass is 266 g/mol. The van der Waals surface area contributed by atoms with Gasteiger partial charge in [0.15, 0.2) is 0 Å². The van der Waals surface area contributed by atoms with Gasteiger partial charge >= 0.3 is 0 Å². The highest BCUT2D eigenvalue weighted by molar-refractivity contribution is 6.06. The fraction of sp³-hybridized carbons (Fsp3) is 0.867. The average molecular weight is 266 g/mol. The largest absolute Gasteiger partial charge is 0.328 e. The maximum absolute atomic E-state index is 12.6. The van der Waals surface area contributed by atoms with Crippen LogP contribution in [0.3, 0.4) is 0 Å². The van der Waals surface area contributed by atoms with Gasteiger partial charge in [0.25, 0.3) is 0 Å². The van der Waals surface area contributed by atoms with Gasteiger partial charge in [-0.15, -0.1) is 0 Å². The van der Waals surface area contributed by atoms with Gasteiger partial charge in [-0.3, -0.25) is 14.5 Å². The maximum atomic E-state index is 12.6. The van der Waals surface area contributed by atoms with Crippen molar-refractivity contribution in [3.05, 3.63) is 0 Å². The molecule has 2 rings (SSSR count). The molecule has 2 fully saturated rings. The van der Waals surface area contributed by atoms with E-state index in [4.69, 9.17) is 5.73 Å². The number of likely N-dealkylation sites (tertiary alicyclic amines) is 1. The number of nitrogens with zero attached hydrogens (tertiary/aromatic N) is 1. The van der Waals surface area contributed by atoms with Crippen LogP contribution in [-0.2, 0) is 9.59 Å². The van der Waals surface area contributed by atoms with Crippen molar-refractivity contribution in [1.82, 2.24) is 4.90 Å². The molecule has 3 atom stereocenters. The first kappa shape index (κ1) is 14.5. The summed E-state index contributed by atoms with van der Waals surface area (Å²) < 4.78 is 0. The summed E-state index contributed by atoms with van der Waals surface area (Å²) in [6.07, 6.45) is 2.81. The van der Waals surface area contributed by atoms with Crippen molar-refractivity contribution in [2.45, 2.75) is 52.5 Å². The Kier molecular flexibility index (Phi) is 3.74. The summed E-state index contributed by atoms with van der Waals surface area (Å²) >= 11 is 0. The van der Waals surface area contributed by atoms with Gasteiger partial charge in [0.05, 0.1) is 17.4 Å². The predicted molar refractivity (Wildman–Crippen MR) is 74.1 cm³/mol. The third-order valence-electron chi connectivity index (χ3n) is 5.48. The molecular weight excluding hydrogens is 240 g/mol. The Morgan fingerprint density at radius 1 is 1.26 bits per heavy atom. The van der Waals surface area contributed by atoms with E-state index in [1.165, 1.54) is 4.90 Å². The molecule has 0 radical (unpaired) electrons. The second kappa shape index (κ2) is 4.89. The van der Waals surface area contributed by atoms with Crippen LogP contribution in [0.2, 0.25) is 0 Å². The molecule has 3 unspecified atom stereocenters. The molecule has 0 aromatic carbocycles. The molecule has 1 saturated carbocycles. The van der Waals surface area contributed by atoms with Gasteiger partial charge in [0, 0.05) is 6.54 Å². The lowest BCUT2D eigenvalue weighted by atomic mass is 9.86. The van der Waals surface area contributed by atoms with Crippen LogP contribution in [0.25, 0.3) is 0 Å². The highest BCUT2D eigenvalue weighted by Crippen LogP contribution is 2.46. The number of nitrogens with two attached hydrogens (primary N) is 1. The van der Waals surface area contributed by atoms with E-state index in [2.05, 4.69) is 6.92 Å². The van der Waals surface area contributed by atoms with Crippen LogP contribution in [0.15, 0.2) is 0 Å². The Morgan fingerprint density at radius 2 is 1.74 bits per heavy atom. The summed E-state index contributed by atoms with van der Waals surface area (Å²) in [5.74, 6) is 0.587. The van der Waals surface area contributed by atoms with E-state index in [0.29, 0.717) is 12.5 Å². The Morgan fingerprint density at radius 3 is 2.05 bits per heavy atom. The van der Waals surface area contributed by atoms with Crippen LogP contribution in [0, 0.1) is 23.7 Å². The van der Waals surface area contributed by atoms with Gasteiger partial charge in [0.2, 0.25) is 11.8 Å². The summed E-state index contributed by atoms with van der Waals surface area (Å²) in [4.78, 5) is 26.7. The quantitative estimate of drug-likeness (QED) is 0.789. The number of carbonyl (C=O) groups is 2. The fourth-order valence-corrected chi connectivity index (χ4v) is 3.55. The van der Waals surface area contributed by atoms with E-state index < -0.39 is 5.54 Å². The molecular formula is C15H26N2O2. The van der Waals surface area contributed by atoms with Gasteiger partial charge in [-0.25, -0.2) is 0 Å². The van der Waals surface area contributed by atoms with Crippen molar-refractivity contribution >= 4 is 11.8 Å². The first-order valence-electron chi connectivity index (χ1n) is 7.44. The Bertz CT molecular complexity index is 370. The number of fused-ring (bicyclic) bond motifs is 1. The molecule has 0 spiro atoms. The molecule has 4 heteroatoms. The molecule has 1 aliphatic heterocycles. The third kappa shape index (κ3) is 2.00. The third-order valence-corrected chi connectivity index (χ3v) is 5.48. The number of carbonyl (C=O) groups excluding carboxylic acids is 2. The zero-order valence-corrected chi connectivity index (χ0v) is 12.5. The minimum Gasteiger partial charge on any atom is -0.328 e. The summed E-state index contributed by atoms with van der Waals surface area (Å²) in [5, 5.41) is 0. The van der Waals surface area contributed by atoms with Crippen molar-refractivity contribution < 1.29 is 9.59 Å². The van der Waals surface area contributed by atoms with Crippen molar-refractivity contribution in [1.29, 1.82) is 0 Å². The number of hydrogen-bond donors (Lipinski definition) is 1. The number of imide groups is 1. The van der Waals surface area contributed by atoms with Crippen molar-refractivity contribution in [2.24, 2.45) is 29.4 Å². The summed E-state index contributed by atoms with van der Waals surface area (Å²) in [6, 6.07) is 0. The number of hydrogen-bond acceptors (Lipinski definition) is 3. The molecule has 19 heavy (non-hydrogen) atoms. The van der Waals surface area contributed by atoms with E-state index in [-0.39, 0.29) is 29.6 Å². The standard InChI is InChI=1S/C15H26N2O2/c1-5-10-6-11-12(7-10)14(19)17(13(11)18)15(4,8-16)9(2)3/h9-12H,5-8,16H2,1-4H3. The zero-order chi connectivity index (χ0) is 14.4. The van der Waals surface area contributed by atoms with E-state index in [9.17, 15) is 9.59 Å². The molecule has 1 saturated heterocycles. The molecule has 0 aromatic rings. The van der Waals surface area contributed by atoms with Crippen LogP contribution in [-0.4, -0.2) is 28.8 Å². The molecule has 4 nitrogen and oxygen atoms in total. The maximum Gasteiger partial charge on any atom is 0.233 e. The van der Waals surface area contributed by atoms with Crippen molar-refractivity contribution in [2.75, 3.05) is 6.54 Å². The van der Waals surface area contributed by atoms with Gasteiger partial charge in [-0.05, 0) is 31.6 Å². The van der Waals surface area contributed by atoms with Gasteiger partial charge in [-0.1, -0.05) is 27.2 Å². The molecule has 0 bridgehead atoms. The van der Waals surface area contributed by atoms with Crippen LogP contribution in [0.5, 0.6) is 0 Å². The average Bonchev–Trinajstić information content (AvgIpc) is 2.90. The van der Waals surface area contributed by atoms with E-state index in [1.807, 2.05) is 20.8 Å². The van der Waals surface area contributed by atoms with Crippen LogP contribution >= 0.6 is 0 Å². The Labute approximate surface area is 115 Å². The van der Waals surface area contributed by atoms with Crippen molar-refractivity contribution in [3.63, 3.8) is 0 Å². The predicted octanol–water partition coefficient (Wildman–Crippen LogP) is 1.78. The molecule has 2 amide bonds. The molecule has 1 heterocycles. The Balaban J connectivity index is 2.28. The van der Waals surface area contributed by atoms with E-state index in [0.717, 1.165) is 19.3 Å². The van der Waals surface area contributed by atoms with Gasteiger partial charge in [-0.2, -0.15) is 0 Å². The van der Waals surface area contributed by atoms with Crippen LogP contribution < -0.4 is 5.73 Å². The van der Waals surface area contributed by atoms with Gasteiger partial charge < -0.3 is 5.73 Å². The normalized spacial score (nSPS) is 34.0. The molecule has 1 aliphatic carbocycles. The van der Waals surface area contributed by atoms with E-state index >= 15 is 0 Å². The lowest BCUT2D eigenvalue weighted by molar-refractivity contribution is -0.149. The van der Waals surface area contributed by atoms with Gasteiger partial charge in [0.1, 0.15) is 0 Å². The SMILES string of the molecule is CCC1CC2C(=O)N(C(C)(CN)C(C)C)C(=O)C2C1. The minimum absolute atomic E-state index is 0.0209. The summed E-state index contributed by atoms with van der Waals surface area (Å²) in [6.45, 7) is 8.45. The zero-order valence-electron chi connectivity index (χ0n) is 12.5. The first-order valence-corrected chi connectivity index (χ1v) is 7.44. The smallest absolute Gasteiger partial charge is 0.233 e. The molecule has 0 aromatic heterocycles. The summed E-state index contributed by atoms with van der Waals surface area (Å²) in [5.41, 5.74) is 5.33. The number of amides is 2. The van der Waals surface area contributed by atoms with E-state index in [1.54, 1.807) is 0 Å². The van der Waals surface area contributed by atoms with Crippen LogP contribution in [0.1, 0.15) is 47.0 Å². The fourth-order valence-electron chi connectivity index (χ4n) is 3.55. The molecule has 2 aliphatic rings. The van der Waals surface area contributed by atoms with Crippen molar-refractivity contribution in [3.8, 4) is 0 Å². The first-order chi connectivity index (χ1) is 8.86. The second-order valence-electron chi connectivity index (χ2n) is 6.69. The molecule has 108 valence electrons.